The molecule has 0 aliphatic carbocycles. The molecule has 1 aromatic carbocycles. The lowest BCUT2D eigenvalue weighted by molar-refractivity contribution is -0.150. The maximum Gasteiger partial charge on any atom is 0.309 e. The second kappa shape index (κ2) is 12.7. The van der Waals surface area contributed by atoms with Crippen LogP contribution in [0.25, 0.3) is 0 Å². The minimum absolute atomic E-state index is 0.0578. The molecule has 4 aliphatic rings. The fraction of sp³-hybridized carbons (Fsp3) is 0.600. The SMILES string of the molecule is CCOC(=O)C1CCN([C@@H]2CC(=O)N(c3ccc(N4C(=O)C[C@H](N5CCC(C(=O)OCC)CC5)C4=O)cc3)C2=O)CC1. The number of likely N-dealkylation sites (tertiary alicyclic amines) is 2. The molecule has 0 radical (unpaired) electrons. The van der Waals surface area contributed by atoms with E-state index in [9.17, 15) is 28.8 Å². The van der Waals surface area contributed by atoms with Crippen molar-refractivity contribution >= 4 is 46.9 Å². The number of anilines is 2. The molecule has 12 heteroatoms. The van der Waals surface area contributed by atoms with E-state index in [1.807, 2.05) is 9.80 Å². The molecular weight excluding hydrogens is 544 g/mol. The summed E-state index contributed by atoms with van der Waals surface area (Å²) in [5.41, 5.74) is 0.767. The molecule has 42 heavy (non-hydrogen) atoms. The van der Waals surface area contributed by atoms with Crippen molar-refractivity contribution in [2.75, 3.05) is 49.2 Å². The topological polar surface area (TPSA) is 134 Å². The largest absolute Gasteiger partial charge is 0.466 e. The van der Waals surface area contributed by atoms with Gasteiger partial charge < -0.3 is 9.47 Å². The number of carbonyl (C=O) groups excluding carboxylic acids is 6. The molecule has 0 spiro atoms. The summed E-state index contributed by atoms with van der Waals surface area (Å²) in [6, 6.07) is 5.16. The highest BCUT2D eigenvalue weighted by molar-refractivity contribution is 6.24. The number of nitrogens with zero attached hydrogens (tertiary/aromatic N) is 4. The Balaban J connectivity index is 1.19. The van der Waals surface area contributed by atoms with Gasteiger partial charge in [0.05, 0.1) is 61.3 Å². The Morgan fingerprint density at radius 1 is 0.643 bits per heavy atom. The number of carbonyl (C=O) groups is 6. The van der Waals surface area contributed by atoms with Crippen molar-refractivity contribution in [3.05, 3.63) is 24.3 Å². The van der Waals surface area contributed by atoms with Crippen LogP contribution in [0.3, 0.4) is 0 Å². The first-order valence-corrected chi connectivity index (χ1v) is 14.9. The minimum atomic E-state index is -0.587. The lowest BCUT2D eigenvalue weighted by Crippen LogP contribution is -2.47. The van der Waals surface area contributed by atoms with E-state index in [1.165, 1.54) is 0 Å². The molecule has 1 aromatic rings. The first kappa shape index (κ1) is 29.8. The summed E-state index contributed by atoms with van der Waals surface area (Å²) in [7, 11) is 0. The standard InChI is InChI=1S/C30H38N4O8/c1-3-41-29(39)19-9-13-31(14-10-19)23-17-25(35)33(27(23)37)21-5-7-22(8-6-21)34-26(36)18-24(28(34)38)32-15-11-20(12-16-32)30(40)42-4-2/h5-8,19-20,23-24H,3-4,9-18H2,1-2H3/t23-,24+. The number of amides is 4. The molecule has 4 fully saturated rings. The average molecular weight is 583 g/mol. The molecule has 4 saturated heterocycles. The summed E-state index contributed by atoms with van der Waals surface area (Å²) in [5, 5.41) is 0. The van der Waals surface area contributed by atoms with Crippen molar-refractivity contribution in [1.82, 2.24) is 9.80 Å². The Bertz CT molecular complexity index is 1140. The number of esters is 2. The Morgan fingerprint density at radius 2 is 0.976 bits per heavy atom. The van der Waals surface area contributed by atoms with Gasteiger partial charge in [-0.25, -0.2) is 9.80 Å². The van der Waals surface area contributed by atoms with Gasteiger partial charge in [0.2, 0.25) is 11.8 Å². The van der Waals surface area contributed by atoms with E-state index in [0.717, 1.165) is 9.80 Å². The Hall–Kier alpha value is -3.64. The van der Waals surface area contributed by atoms with Gasteiger partial charge in [-0.1, -0.05) is 0 Å². The predicted octanol–water partition coefficient (Wildman–Crippen LogP) is 1.50. The number of piperidine rings is 2. The summed E-state index contributed by atoms with van der Waals surface area (Å²) in [5.74, 6) is -2.08. The highest BCUT2D eigenvalue weighted by Crippen LogP contribution is 2.33. The second-order valence-electron chi connectivity index (χ2n) is 11.2. The second-order valence-corrected chi connectivity index (χ2v) is 11.2. The Kier molecular flexibility index (Phi) is 9.02. The first-order chi connectivity index (χ1) is 20.2. The molecule has 12 nitrogen and oxygen atoms in total. The van der Waals surface area contributed by atoms with Crippen LogP contribution in [0, 0.1) is 11.8 Å². The number of hydrogen-bond donors (Lipinski definition) is 0. The van der Waals surface area contributed by atoms with E-state index in [4.69, 9.17) is 9.47 Å². The fourth-order valence-corrected chi connectivity index (χ4v) is 6.51. The van der Waals surface area contributed by atoms with Gasteiger partial charge in [0.15, 0.2) is 0 Å². The highest BCUT2D eigenvalue weighted by atomic mass is 16.5. The molecule has 0 N–H and O–H groups in total. The van der Waals surface area contributed by atoms with Crippen LogP contribution in [0.2, 0.25) is 0 Å². The lowest BCUT2D eigenvalue weighted by Gasteiger charge is -2.33. The van der Waals surface area contributed by atoms with Gasteiger partial charge in [0, 0.05) is 0 Å². The summed E-state index contributed by atoms with van der Waals surface area (Å²) in [6.07, 6.45) is 2.42. The molecule has 0 aromatic heterocycles. The van der Waals surface area contributed by atoms with Gasteiger partial charge >= 0.3 is 11.9 Å². The number of benzene rings is 1. The molecule has 4 heterocycles. The van der Waals surface area contributed by atoms with Crippen molar-refractivity contribution in [2.45, 2.75) is 64.5 Å². The summed E-state index contributed by atoms with van der Waals surface area (Å²) < 4.78 is 10.2. The highest BCUT2D eigenvalue weighted by Gasteiger charge is 2.46. The van der Waals surface area contributed by atoms with Gasteiger partial charge in [-0.05, 0) is 90.0 Å². The van der Waals surface area contributed by atoms with Crippen LogP contribution in [0.1, 0.15) is 52.4 Å². The van der Waals surface area contributed by atoms with E-state index in [0.29, 0.717) is 76.5 Å². The van der Waals surface area contributed by atoms with E-state index < -0.39 is 12.1 Å². The zero-order valence-corrected chi connectivity index (χ0v) is 24.2. The zero-order chi connectivity index (χ0) is 30.0. The van der Waals surface area contributed by atoms with Crippen molar-refractivity contribution < 1.29 is 38.2 Å². The number of hydrogen-bond acceptors (Lipinski definition) is 10. The molecule has 5 rings (SSSR count). The van der Waals surface area contributed by atoms with Crippen molar-refractivity contribution in [1.29, 1.82) is 0 Å². The molecule has 2 atom stereocenters. The van der Waals surface area contributed by atoms with E-state index >= 15 is 0 Å². The zero-order valence-electron chi connectivity index (χ0n) is 24.2. The molecule has 4 aliphatic heterocycles. The lowest BCUT2D eigenvalue weighted by atomic mass is 9.95. The molecular formula is C30H38N4O8. The van der Waals surface area contributed by atoms with Crippen LogP contribution in [-0.4, -0.2) is 96.8 Å². The summed E-state index contributed by atoms with van der Waals surface area (Å²) in [4.78, 5) is 82.8. The van der Waals surface area contributed by atoms with Gasteiger partial charge in [0.25, 0.3) is 11.8 Å². The molecule has 226 valence electrons. The van der Waals surface area contributed by atoms with E-state index in [1.54, 1.807) is 38.1 Å². The van der Waals surface area contributed by atoms with Gasteiger partial charge in [0.1, 0.15) is 0 Å². The van der Waals surface area contributed by atoms with Crippen LogP contribution in [0.15, 0.2) is 24.3 Å². The Labute approximate surface area is 244 Å². The maximum absolute atomic E-state index is 13.3. The van der Waals surface area contributed by atoms with Crippen molar-refractivity contribution in [3.8, 4) is 0 Å². The molecule has 0 saturated carbocycles. The van der Waals surface area contributed by atoms with Crippen LogP contribution < -0.4 is 9.80 Å². The predicted molar refractivity (Wildman–Crippen MR) is 150 cm³/mol. The summed E-state index contributed by atoms with van der Waals surface area (Å²) >= 11 is 0. The third-order valence-electron chi connectivity index (χ3n) is 8.79. The molecule has 0 bridgehead atoms. The number of rotatable bonds is 8. The third kappa shape index (κ3) is 5.82. The molecule has 4 amide bonds. The average Bonchev–Trinajstić information content (AvgIpc) is 3.46. The van der Waals surface area contributed by atoms with Gasteiger partial charge in [-0.3, -0.25) is 38.6 Å². The quantitative estimate of drug-likeness (QED) is 0.328. The van der Waals surface area contributed by atoms with E-state index in [-0.39, 0.29) is 60.2 Å². The van der Waals surface area contributed by atoms with Crippen LogP contribution in [0.5, 0.6) is 0 Å². The Morgan fingerprint density at radius 3 is 1.29 bits per heavy atom. The molecule has 0 unspecified atom stereocenters. The van der Waals surface area contributed by atoms with Gasteiger partial charge in [-0.15, -0.1) is 0 Å². The van der Waals surface area contributed by atoms with Crippen molar-refractivity contribution in [3.63, 3.8) is 0 Å². The number of imide groups is 2. The van der Waals surface area contributed by atoms with Crippen LogP contribution in [-0.2, 0) is 38.2 Å². The van der Waals surface area contributed by atoms with E-state index in [2.05, 4.69) is 0 Å². The normalized spacial score (nSPS) is 25.0. The third-order valence-corrected chi connectivity index (χ3v) is 8.79. The summed E-state index contributed by atoms with van der Waals surface area (Å²) in [6.45, 7) is 6.33. The van der Waals surface area contributed by atoms with Crippen LogP contribution >= 0.6 is 0 Å². The monoisotopic (exact) mass is 582 g/mol. The fourth-order valence-electron chi connectivity index (χ4n) is 6.51. The smallest absolute Gasteiger partial charge is 0.309 e. The van der Waals surface area contributed by atoms with Gasteiger partial charge in [-0.2, -0.15) is 0 Å². The minimum Gasteiger partial charge on any atom is -0.466 e. The van der Waals surface area contributed by atoms with Crippen molar-refractivity contribution in [2.24, 2.45) is 11.8 Å². The maximum atomic E-state index is 13.3. The first-order valence-electron chi connectivity index (χ1n) is 14.9. The number of ether oxygens (including phenoxy) is 2. The van der Waals surface area contributed by atoms with Crippen LogP contribution in [0.4, 0.5) is 11.4 Å².